The SMILES string of the molecule is CCn1c(C)c(C(=O)CN(CCN2CCOCC2)C(=O)c2cccc(Cl)c2)c(C)c1C(=O)OC. The lowest BCUT2D eigenvalue weighted by Gasteiger charge is -2.30. The normalized spacial score (nSPS) is 14.1. The van der Waals surface area contributed by atoms with Crippen molar-refractivity contribution in [3.05, 3.63) is 57.4 Å². The van der Waals surface area contributed by atoms with E-state index in [0.29, 0.717) is 65.9 Å². The lowest BCUT2D eigenvalue weighted by atomic mass is 10.0. The van der Waals surface area contributed by atoms with Crippen LogP contribution in [0.5, 0.6) is 0 Å². The summed E-state index contributed by atoms with van der Waals surface area (Å²) >= 11 is 6.11. The number of halogens is 1. The summed E-state index contributed by atoms with van der Waals surface area (Å²) in [5, 5.41) is 0.458. The first-order valence-corrected chi connectivity index (χ1v) is 11.8. The first kappa shape index (κ1) is 25.9. The number of morpholine rings is 1. The number of rotatable bonds is 9. The molecule has 1 saturated heterocycles. The summed E-state index contributed by atoms with van der Waals surface area (Å²) in [4.78, 5) is 43.1. The second-order valence-electron chi connectivity index (χ2n) is 8.28. The molecular weight excluding hydrogens is 458 g/mol. The van der Waals surface area contributed by atoms with E-state index in [-0.39, 0.29) is 18.2 Å². The van der Waals surface area contributed by atoms with E-state index in [2.05, 4.69) is 4.90 Å². The van der Waals surface area contributed by atoms with Gasteiger partial charge in [-0.1, -0.05) is 17.7 Å². The summed E-state index contributed by atoms with van der Waals surface area (Å²) in [5.74, 6) is -0.965. The van der Waals surface area contributed by atoms with Crippen molar-refractivity contribution in [3.8, 4) is 0 Å². The standard InChI is InChI=1S/C25H32ClN3O5/c1-5-29-18(3)22(17(2)23(29)25(32)33-4)21(30)16-28(10-9-27-11-13-34-14-12-27)24(31)19-7-6-8-20(26)15-19/h6-8,15H,5,9-14,16H2,1-4H3. The van der Waals surface area contributed by atoms with Crippen LogP contribution in [-0.2, 0) is 16.0 Å². The first-order chi connectivity index (χ1) is 16.3. The van der Waals surface area contributed by atoms with E-state index in [4.69, 9.17) is 21.1 Å². The number of aromatic nitrogens is 1. The maximum atomic E-state index is 13.5. The van der Waals surface area contributed by atoms with Gasteiger partial charge in [-0.3, -0.25) is 14.5 Å². The minimum absolute atomic E-state index is 0.105. The third-order valence-corrected chi connectivity index (χ3v) is 6.46. The number of amides is 1. The summed E-state index contributed by atoms with van der Waals surface area (Å²) in [5.41, 5.74) is 2.51. The number of nitrogens with zero attached hydrogens (tertiary/aromatic N) is 3. The number of carbonyl (C=O) groups excluding carboxylic acids is 3. The zero-order chi connectivity index (χ0) is 24.8. The molecule has 1 aromatic carbocycles. The van der Waals surface area contributed by atoms with Gasteiger partial charge in [0.2, 0.25) is 0 Å². The van der Waals surface area contributed by atoms with Crippen LogP contribution >= 0.6 is 11.6 Å². The maximum absolute atomic E-state index is 13.5. The highest BCUT2D eigenvalue weighted by Gasteiger charge is 2.29. The fourth-order valence-corrected chi connectivity index (χ4v) is 4.65. The van der Waals surface area contributed by atoms with Crippen LogP contribution in [0.4, 0.5) is 0 Å². The summed E-state index contributed by atoms with van der Waals surface area (Å²) in [6.45, 7) is 9.77. The number of hydrogen-bond donors (Lipinski definition) is 0. The molecule has 184 valence electrons. The molecule has 1 amide bonds. The van der Waals surface area contributed by atoms with Gasteiger partial charge in [-0.2, -0.15) is 0 Å². The average Bonchev–Trinajstić information content (AvgIpc) is 3.10. The van der Waals surface area contributed by atoms with E-state index in [1.807, 2.05) is 13.8 Å². The van der Waals surface area contributed by atoms with Crippen LogP contribution in [0.2, 0.25) is 5.02 Å². The van der Waals surface area contributed by atoms with Gasteiger partial charge in [-0.15, -0.1) is 0 Å². The zero-order valence-corrected chi connectivity index (χ0v) is 21.0. The van der Waals surface area contributed by atoms with Crippen LogP contribution in [0, 0.1) is 13.8 Å². The van der Waals surface area contributed by atoms with Crippen molar-refractivity contribution in [1.29, 1.82) is 0 Å². The Hall–Kier alpha value is -2.68. The molecule has 9 heteroatoms. The molecule has 0 bridgehead atoms. The van der Waals surface area contributed by atoms with Crippen LogP contribution < -0.4 is 0 Å². The van der Waals surface area contributed by atoms with Crippen molar-refractivity contribution in [2.24, 2.45) is 0 Å². The van der Waals surface area contributed by atoms with Gasteiger partial charge in [0.15, 0.2) is 5.78 Å². The molecular formula is C25H32ClN3O5. The molecule has 2 heterocycles. The topological polar surface area (TPSA) is 81.1 Å². The van der Waals surface area contributed by atoms with E-state index >= 15 is 0 Å². The van der Waals surface area contributed by atoms with Crippen LogP contribution in [0.1, 0.15) is 49.4 Å². The number of ether oxygens (including phenoxy) is 2. The summed E-state index contributed by atoms with van der Waals surface area (Å²) in [7, 11) is 1.32. The van der Waals surface area contributed by atoms with Gasteiger partial charge < -0.3 is 18.9 Å². The molecule has 1 aliphatic heterocycles. The molecule has 0 radical (unpaired) electrons. The number of hydrogen-bond acceptors (Lipinski definition) is 6. The lowest BCUT2D eigenvalue weighted by Crippen LogP contribution is -2.44. The van der Waals surface area contributed by atoms with Crippen LogP contribution in [-0.4, -0.2) is 85.1 Å². The van der Waals surface area contributed by atoms with Gasteiger partial charge in [-0.05, 0) is 44.5 Å². The van der Waals surface area contributed by atoms with Crippen molar-refractivity contribution in [2.45, 2.75) is 27.3 Å². The molecule has 1 aliphatic rings. The predicted molar refractivity (Wildman–Crippen MR) is 130 cm³/mol. The van der Waals surface area contributed by atoms with Crippen molar-refractivity contribution in [2.75, 3.05) is 53.0 Å². The summed E-state index contributed by atoms with van der Waals surface area (Å²) < 4.78 is 12.1. The highest BCUT2D eigenvalue weighted by atomic mass is 35.5. The van der Waals surface area contributed by atoms with E-state index in [1.54, 1.807) is 40.7 Å². The van der Waals surface area contributed by atoms with Gasteiger partial charge >= 0.3 is 5.97 Å². The molecule has 3 rings (SSSR count). The number of carbonyl (C=O) groups is 3. The van der Waals surface area contributed by atoms with Crippen molar-refractivity contribution in [3.63, 3.8) is 0 Å². The highest BCUT2D eigenvalue weighted by Crippen LogP contribution is 2.24. The Kier molecular flexibility index (Phi) is 8.88. The van der Waals surface area contributed by atoms with Crippen LogP contribution in [0.15, 0.2) is 24.3 Å². The Bertz CT molecular complexity index is 1060. The monoisotopic (exact) mass is 489 g/mol. The molecule has 8 nitrogen and oxygen atoms in total. The Balaban J connectivity index is 1.89. The molecule has 0 atom stereocenters. The van der Waals surface area contributed by atoms with E-state index in [0.717, 1.165) is 13.1 Å². The van der Waals surface area contributed by atoms with Crippen molar-refractivity contribution in [1.82, 2.24) is 14.4 Å². The number of esters is 1. The van der Waals surface area contributed by atoms with Crippen LogP contribution in [0.3, 0.4) is 0 Å². The molecule has 2 aromatic rings. The molecule has 0 aliphatic carbocycles. The highest BCUT2D eigenvalue weighted by molar-refractivity contribution is 6.31. The molecule has 34 heavy (non-hydrogen) atoms. The smallest absolute Gasteiger partial charge is 0.354 e. The quantitative estimate of drug-likeness (QED) is 0.397. The number of methoxy groups -OCH3 is 1. The minimum atomic E-state index is -0.485. The van der Waals surface area contributed by atoms with E-state index < -0.39 is 5.97 Å². The van der Waals surface area contributed by atoms with Crippen LogP contribution in [0.25, 0.3) is 0 Å². The third-order valence-electron chi connectivity index (χ3n) is 6.22. The second kappa shape index (κ2) is 11.6. The summed E-state index contributed by atoms with van der Waals surface area (Å²) in [6.07, 6.45) is 0. The fourth-order valence-electron chi connectivity index (χ4n) is 4.46. The largest absolute Gasteiger partial charge is 0.464 e. The predicted octanol–water partition coefficient (Wildman–Crippen LogP) is 3.22. The molecule has 0 spiro atoms. The molecule has 0 saturated carbocycles. The molecule has 0 N–H and O–H groups in total. The Labute approximate surface area is 205 Å². The van der Waals surface area contributed by atoms with E-state index in [1.165, 1.54) is 7.11 Å². The first-order valence-electron chi connectivity index (χ1n) is 11.4. The molecule has 1 aromatic heterocycles. The average molecular weight is 490 g/mol. The molecule has 1 fully saturated rings. The zero-order valence-electron chi connectivity index (χ0n) is 20.2. The Morgan fingerprint density at radius 2 is 1.88 bits per heavy atom. The summed E-state index contributed by atoms with van der Waals surface area (Å²) in [6, 6.07) is 6.72. The number of ketones is 1. The van der Waals surface area contributed by atoms with E-state index in [9.17, 15) is 14.4 Å². The molecule has 0 unspecified atom stereocenters. The van der Waals surface area contributed by atoms with Gasteiger partial charge in [0.1, 0.15) is 5.69 Å². The Morgan fingerprint density at radius 1 is 1.18 bits per heavy atom. The maximum Gasteiger partial charge on any atom is 0.354 e. The second-order valence-corrected chi connectivity index (χ2v) is 8.72. The third kappa shape index (κ3) is 5.68. The van der Waals surface area contributed by atoms with Crippen molar-refractivity contribution >= 4 is 29.3 Å². The van der Waals surface area contributed by atoms with Gasteiger partial charge in [0.25, 0.3) is 5.91 Å². The fraction of sp³-hybridized carbons (Fsp3) is 0.480. The minimum Gasteiger partial charge on any atom is -0.464 e. The van der Waals surface area contributed by atoms with Gasteiger partial charge in [0.05, 0.1) is 26.9 Å². The van der Waals surface area contributed by atoms with Crippen molar-refractivity contribution < 1.29 is 23.9 Å². The number of Topliss-reactive ketones (excluding diaryl/α,β-unsaturated/α-hetero) is 1. The van der Waals surface area contributed by atoms with Gasteiger partial charge in [0, 0.05) is 54.6 Å². The lowest BCUT2D eigenvalue weighted by molar-refractivity contribution is 0.0323. The van der Waals surface area contributed by atoms with Gasteiger partial charge in [-0.25, -0.2) is 4.79 Å². The number of benzene rings is 1. The Morgan fingerprint density at radius 3 is 2.50 bits per heavy atom.